The van der Waals surface area contributed by atoms with Gasteiger partial charge in [-0.2, -0.15) is 4.39 Å². The molecule has 1 aromatic heterocycles. The van der Waals surface area contributed by atoms with Crippen molar-refractivity contribution in [1.29, 1.82) is 0 Å². The fourth-order valence-corrected chi connectivity index (χ4v) is 1.59. The van der Waals surface area contributed by atoms with E-state index >= 15 is 0 Å². The highest BCUT2D eigenvalue weighted by Crippen LogP contribution is 1.98. The van der Waals surface area contributed by atoms with Crippen LogP contribution in [0.2, 0.25) is 0 Å². The summed E-state index contributed by atoms with van der Waals surface area (Å²) in [7, 11) is 0. The number of hydrogen-bond acceptors (Lipinski definition) is 3. The van der Waals surface area contributed by atoms with Gasteiger partial charge in [0.1, 0.15) is 0 Å². The van der Waals surface area contributed by atoms with Gasteiger partial charge in [0.25, 0.3) is 5.56 Å². The summed E-state index contributed by atoms with van der Waals surface area (Å²) in [5.74, 6) is -1.16. The van der Waals surface area contributed by atoms with Gasteiger partial charge in [-0.15, -0.1) is 0 Å². The van der Waals surface area contributed by atoms with Crippen LogP contribution in [-0.2, 0) is 0 Å². The van der Waals surface area contributed by atoms with E-state index < -0.39 is 23.1 Å². The lowest BCUT2D eigenvalue weighted by atomic mass is 10.4. The normalized spacial score (nSPS) is 10.4. The van der Waals surface area contributed by atoms with Crippen LogP contribution in [0.5, 0.6) is 0 Å². The number of halogens is 1. The van der Waals surface area contributed by atoms with Crippen LogP contribution in [0.15, 0.2) is 15.8 Å². The third-order valence-corrected chi connectivity index (χ3v) is 2.36. The monoisotopic (exact) mass is 257 g/mol. The van der Waals surface area contributed by atoms with Crippen LogP contribution in [0.25, 0.3) is 0 Å². The van der Waals surface area contributed by atoms with E-state index in [1.807, 2.05) is 13.8 Å². The summed E-state index contributed by atoms with van der Waals surface area (Å²) in [5, 5.41) is 0. The second-order valence-electron chi connectivity index (χ2n) is 3.88. The maximum atomic E-state index is 13.1. The largest absolute Gasteiger partial charge is 0.336 e. The minimum absolute atomic E-state index is 0.472. The van der Waals surface area contributed by atoms with Gasteiger partial charge in [-0.3, -0.25) is 9.78 Å². The van der Waals surface area contributed by atoms with Crippen molar-refractivity contribution >= 4 is 6.03 Å². The van der Waals surface area contributed by atoms with E-state index in [-0.39, 0.29) is 0 Å². The molecule has 18 heavy (non-hydrogen) atoms. The van der Waals surface area contributed by atoms with Gasteiger partial charge in [0, 0.05) is 13.1 Å². The highest BCUT2D eigenvalue weighted by Gasteiger charge is 2.17. The Balaban J connectivity index is 3.12. The van der Waals surface area contributed by atoms with Crippen molar-refractivity contribution in [1.82, 2.24) is 14.5 Å². The molecule has 0 spiro atoms. The molecule has 0 saturated carbocycles. The maximum Gasteiger partial charge on any atom is 0.336 e. The number of carbonyl (C=O) groups is 1. The van der Waals surface area contributed by atoms with Gasteiger partial charge in [0.15, 0.2) is 0 Å². The molecular weight excluding hydrogens is 241 g/mol. The Morgan fingerprint density at radius 1 is 1.33 bits per heavy atom. The minimum Gasteiger partial charge on any atom is -0.324 e. The molecule has 0 aliphatic rings. The zero-order valence-electron chi connectivity index (χ0n) is 10.4. The smallest absolute Gasteiger partial charge is 0.324 e. The minimum atomic E-state index is -1.16. The number of rotatable bonds is 4. The molecule has 0 radical (unpaired) electrons. The summed E-state index contributed by atoms with van der Waals surface area (Å²) in [4.78, 5) is 37.5. The summed E-state index contributed by atoms with van der Waals surface area (Å²) in [6, 6.07) is -0.626. The van der Waals surface area contributed by atoms with Gasteiger partial charge in [0.05, 0.1) is 6.20 Å². The van der Waals surface area contributed by atoms with E-state index in [9.17, 15) is 18.8 Å². The first-order chi connectivity index (χ1) is 8.51. The molecule has 0 saturated heterocycles. The molecule has 1 heterocycles. The lowest BCUT2D eigenvalue weighted by molar-refractivity contribution is 0.197. The summed E-state index contributed by atoms with van der Waals surface area (Å²) in [5.41, 5.74) is -2.05. The quantitative estimate of drug-likeness (QED) is 0.865. The maximum absolute atomic E-state index is 13.1. The van der Waals surface area contributed by atoms with E-state index in [0.29, 0.717) is 23.9 Å². The van der Waals surface area contributed by atoms with Gasteiger partial charge >= 0.3 is 11.7 Å². The van der Waals surface area contributed by atoms with Crippen LogP contribution in [-0.4, -0.2) is 33.6 Å². The van der Waals surface area contributed by atoms with Gasteiger partial charge in [-0.1, -0.05) is 13.8 Å². The van der Waals surface area contributed by atoms with Crippen LogP contribution in [0.3, 0.4) is 0 Å². The van der Waals surface area contributed by atoms with Crippen molar-refractivity contribution in [2.24, 2.45) is 0 Å². The zero-order valence-corrected chi connectivity index (χ0v) is 10.4. The number of aromatic amines is 1. The van der Waals surface area contributed by atoms with Crippen molar-refractivity contribution in [3.05, 3.63) is 32.9 Å². The van der Waals surface area contributed by atoms with E-state index in [1.54, 1.807) is 4.98 Å². The molecule has 1 amide bonds. The number of H-pyrrole nitrogens is 1. The molecule has 7 heteroatoms. The molecule has 0 unspecified atom stereocenters. The highest BCUT2D eigenvalue weighted by molar-refractivity contribution is 5.76. The number of hydrogen-bond donors (Lipinski definition) is 1. The standard InChI is InChI=1S/C11H16FN3O3/c1-3-5-14(6-4-2)11(18)15-7-8(12)9(16)13-10(15)17/h7H,3-6H2,1-2H3,(H,13,16,17). The van der Waals surface area contributed by atoms with Crippen molar-refractivity contribution in [3.8, 4) is 0 Å². The van der Waals surface area contributed by atoms with E-state index in [2.05, 4.69) is 0 Å². The highest BCUT2D eigenvalue weighted by atomic mass is 19.1. The van der Waals surface area contributed by atoms with Crippen LogP contribution in [0, 0.1) is 5.82 Å². The van der Waals surface area contributed by atoms with Gasteiger partial charge in [0.2, 0.25) is 5.82 Å². The lowest BCUT2D eigenvalue weighted by Crippen LogP contribution is -2.43. The Morgan fingerprint density at radius 2 is 1.89 bits per heavy atom. The van der Waals surface area contributed by atoms with Gasteiger partial charge in [-0.05, 0) is 12.8 Å². The number of amides is 1. The van der Waals surface area contributed by atoms with Crippen molar-refractivity contribution in [2.75, 3.05) is 13.1 Å². The third-order valence-electron chi connectivity index (χ3n) is 2.36. The summed E-state index contributed by atoms with van der Waals surface area (Å²) in [6.07, 6.45) is 2.08. The molecule has 0 aliphatic heterocycles. The Labute approximate surface area is 103 Å². The fraction of sp³-hybridized carbons (Fsp3) is 0.545. The average molecular weight is 257 g/mol. The van der Waals surface area contributed by atoms with Crippen molar-refractivity contribution in [2.45, 2.75) is 26.7 Å². The molecule has 1 aromatic rings. The fourth-order valence-electron chi connectivity index (χ4n) is 1.59. The van der Waals surface area contributed by atoms with Crippen LogP contribution < -0.4 is 11.2 Å². The third kappa shape index (κ3) is 3.06. The predicted molar refractivity (Wildman–Crippen MR) is 64.2 cm³/mol. The van der Waals surface area contributed by atoms with Crippen LogP contribution in [0.4, 0.5) is 9.18 Å². The molecule has 0 aliphatic carbocycles. The molecule has 0 atom stereocenters. The van der Waals surface area contributed by atoms with E-state index in [4.69, 9.17) is 0 Å². The Bertz CT molecular complexity index is 529. The van der Waals surface area contributed by atoms with Crippen molar-refractivity contribution in [3.63, 3.8) is 0 Å². The Kier molecular flexibility index (Phi) is 4.82. The Morgan fingerprint density at radius 3 is 2.39 bits per heavy atom. The first-order valence-electron chi connectivity index (χ1n) is 5.82. The summed E-state index contributed by atoms with van der Waals surface area (Å²) < 4.78 is 13.7. The molecule has 100 valence electrons. The first kappa shape index (κ1) is 14.1. The number of nitrogens with one attached hydrogen (secondary N) is 1. The predicted octanol–water partition coefficient (Wildman–Crippen LogP) is 0.766. The zero-order chi connectivity index (χ0) is 13.7. The number of nitrogens with zero attached hydrogens (tertiary/aromatic N) is 2. The lowest BCUT2D eigenvalue weighted by Gasteiger charge is -2.21. The first-order valence-corrected chi connectivity index (χ1v) is 5.82. The number of aromatic nitrogens is 2. The second kappa shape index (κ2) is 6.13. The average Bonchev–Trinajstić information content (AvgIpc) is 2.33. The van der Waals surface area contributed by atoms with E-state index in [1.165, 1.54) is 4.90 Å². The van der Waals surface area contributed by atoms with Crippen LogP contribution in [0.1, 0.15) is 26.7 Å². The molecule has 1 N–H and O–H groups in total. The molecule has 6 nitrogen and oxygen atoms in total. The molecule has 0 aromatic carbocycles. The van der Waals surface area contributed by atoms with Crippen molar-refractivity contribution < 1.29 is 9.18 Å². The molecular formula is C11H16FN3O3. The van der Waals surface area contributed by atoms with Crippen LogP contribution >= 0.6 is 0 Å². The Hall–Kier alpha value is -1.92. The summed E-state index contributed by atoms with van der Waals surface area (Å²) in [6.45, 7) is 4.73. The van der Waals surface area contributed by atoms with E-state index in [0.717, 1.165) is 12.8 Å². The SMILES string of the molecule is CCCN(CCC)C(=O)n1cc(F)c(=O)[nH]c1=O. The summed E-state index contributed by atoms with van der Waals surface area (Å²) >= 11 is 0. The molecule has 0 bridgehead atoms. The topological polar surface area (TPSA) is 75.2 Å². The number of carbonyl (C=O) groups excluding carboxylic acids is 1. The molecule has 0 fully saturated rings. The van der Waals surface area contributed by atoms with Gasteiger partial charge < -0.3 is 4.90 Å². The molecule has 1 rings (SSSR count). The second-order valence-corrected chi connectivity index (χ2v) is 3.88. The van der Waals surface area contributed by atoms with Gasteiger partial charge in [-0.25, -0.2) is 14.2 Å².